The summed E-state index contributed by atoms with van der Waals surface area (Å²) >= 11 is 0. The molecule has 1 aromatic heterocycles. The molecule has 0 atom stereocenters. The zero-order valence-electron chi connectivity index (χ0n) is 10.2. The monoisotopic (exact) mass is 226 g/mol. The SMILES string of the molecule is COCc1ocnc1CNC(=O)C(C)(C)C. The van der Waals surface area contributed by atoms with E-state index < -0.39 is 5.41 Å². The fourth-order valence-corrected chi connectivity index (χ4v) is 1.12. The fourth-order valence-electron chi connectivity index (χ4n) is 1.12. The number of oxazole rings is 1. The van der Waals surface area contributed by atoms with E-state index in [2.05, 4.69) is 10.3 Å². The summed E-state index contributed by atoms with van der Waals surface area (Å²) in [7, 11) is 1.58. The molecule has 0 radical (unpaired) electrons. The highest BCUT2D eigenvalue weighted by Gasteiger charge is 2.21. The highest BCUT2D eigenvalue weighted by molar-refractivity contribution is 5.81. The number of amides is 1. The maximum Gasteiger partial charge on any atom is 0.225 e. The van der Waals surface area contributed by atoms with Crippen LogP contribution in [0.25, 0.3) is 0 Å². The third kappa shape index (κ3) is 3.34. The summed E-state index contributed by atoms with van der Waals surface area (Å²) in [4.78, 5) is 15.7. The minimum Gasteiger partial charge on any atom is -0.446 e. The third-order valence-electron chi connectivity index (χ3n) is 2.10. The topological polar surface area (TPSA) is 64.4 Å². The number of methoxy groups -OCH3 is 1. The average Bonchev–Trinajstić information content (AvgIpc) is 2.61. The Hall–Kier alpha value is -1.36. The predicted octanol–water partition coefficient (Wildman–Crippen LogP) is 1.48. The molecule has 0 bridgehead atoms. The first kappa shape index (κ1) is 12.7. The van der Waals surface area contributed by atoms with Crippen LogP contribution in [0, 0.1) is 5.41 Å². The van der Waals surface area contributed by atoms with Crippen molar-refractivity contribution in [3.63, 3.8) is 0 Å². The van der Waals surface area contributed by atoms with E-state index in [-0.39, 0.29) is 5.91 Å². The number of ether oxygens (including phenoxy) is 1. The number of nitrogens with one attached hydrogen (secondary N) is 1. The highest BCUT2D eigenvalue weighted by atomic mass is 16.5. The number of carbonyl (C=O) groups excluding carboxylic acids is 1. The molecule has 1 rings (SSSR count). The maximum absolute atomic E-state index is 11.6. The van der Waals surface area contributed by atoms with Crippen molar-refractivity contribution in [1.82, 2.24) is 10.3 Å². The second kappa shape index (κ2) is 5.12. The molecule has 0 aromatic carbocycles. The van der Waals surface area contributed by atoms with E-state index in [4.69, 9.17) is 9.15 Å². The normalized spacial score (nSPS) is 11.5. The van der Waals surface area contributed by atoms with Crippen LogP contribution in [-0.4, -0.2) is 18.0 Å². The zero-order chi connectivity index (χ0) is 12.2. The molecule has 1 aromatic rings. The van der Waals surface area contributed by atoms with Gasteiger partial charge in [-0.15, -0.1) is 0 Å². The van der Waals surface area contributed by atoms with Crippen LogP contribution in [0.5, 0.6) is 0 Å². The lowest BCUT2D eigenvalue weighted by Crippen LogP contribution is -2.34. The quantitative estimate of drug-likeness (QED) is 0.844. The molecule has 0 aliphatic rings. The van der Waals surface area contributed by atoms with Crippen LogP contribution in [-0.2, 0) is 22.7 Å². The van der Waals surface area contributed by atoms with Crippen LogP contribution in [0.15, 0.2) is 10.8 Å². The molecule has 0 aliphatic heterocycles. The molecule has 0 spiro atoms. The van der Waals surface area contributed by atoms with Crippen molar-refractivity contribution in [2.45, 2.75) is 33.9 Å². The maximum atomic E-state index is 11.6. The van der Waals surface area contributed by atoms with Crippen LogP contribution in [0.3, 0.4) is 0 Å². The minimum absolute atomic E-state index is 0.0149. The van der Waals surface area contributed by atoms with Crippen LogP contribution in [0.1, 0.15) is 32.2 Å². The van der Waals surface area contributed by atoms with E-state index in [0.29, 0.717) is 24.6 Å². The Morgan fingerprint density at radius 1 is 1.56 bits per heavy atom. The number of carbonyl (C=O) groups is 1. The smallest absolute Gasteiger partial charge is 0.225 e. The van der Waals surface area contributed by atoms with E-state index >= 15 is 0 Å². The van der Waals surface area contributed by atoms with Gasteiger partial charge in [-0.3, -0.25) is 4.79 Å². The van der Waals surface area contributed by atoms with Crippen LogP contribution < -0.4 is 5.32 Å². The standard InChI is InChI=1S/C11H18N2O3/c1-11(2,3)10(14)12-5-8-9(6-15-4)16-7-13-8/h7H,5-6H2,1-4H3,(H,12,14). The molecule has 0 saturated heterocycles. The summed E-state index contributed by atoms with van der Waals surface area (Å²) in [6, 6.07) is 0. The van der Waals surface area contributed by atoms with Gasteiger partial charge in [-0.1, -0.05) is 20.8 Å². The largest absolute Gasteiger partial charge is 0.446 e. The lowest BCUT2D eigenvalue weighted by molar-refractivity contribution is -0.128. The average molecular weight is 226 g/mol. The highest BCUT2D eigenvalue weighted by Crippen LogP contribution is 2.13. The van der Waals surface area contributed by atoms with Crippen molar-refractivity contribution in [2.75, 3.05) is 7.11 Å². The molecular weight excluding hydrogens is 208 g/mol. The van der Waals surface area contributed by atoms with Crippen molar-refractivity contribution >= 4 is 5.91 Å². The molecule has 1 heterocycles. The molecule has 0 fully saturated rings. The van der Waals surface area contributed by atoms with Crippen LogP contribution in [0.4, 0.5) is 0 Å². The molecule has 0 saturated carbocycles. The Bertz CT molecular complexity index is 352. The van der Waals surface area contributed by atoms with Crippen molar-refractivity contribution in [3.05, 3.63) is 17.8 Å². The number of rotatable bonds is 4. The fraction of sp³-hybridized carbons (Fsp3) is 0.636. The van der Waals surface area contributed by atoms with E-state index in [1.54, 1.807) is 7.11 Å². The van der Waals surface area contributed by atoms with Gasteiger partial charge in [-0.2, -0.15) is 0 Å². The van der Waals surface area contributed by atoms with Crippen molar-refractivity contribution in [2.24, 2.45) is 5.41 Å². The number of hydrogen-bond acceptors (Lipinski definition) is 4. The van der Waals surface area contributed by atoms with Gasteiger partial charge in [0.1, 0.15) is 12.3 Å². The van der Waals surface area contributed by atoms with E-state index in [0.717, 1.165) is 0 Å². The van der Waals surface area contributed by atoms with Gasteiger partial charge in [0.2, 0.25) is 5.91 Å². The number of nitrogens with zero attached hydrogens (tertiary/aromatic N) is 1. The summed E-state index contributed by atoms with van der Waals surface area (Å²) < 4.78 is 10.1. The minimum atomic E-state index is -0.398. The third-order valence-corrected chi connectivity index (χ3v) is 2.10. The lowest BCUT2D eigenvalue weighted by atomic mass is 9.96. The van der Waals surface area contributed by atoms with E-state index in [9.17, 15) is 4.79 Å². The first-order valence-electron chi connectivity index (χ1n) is 5.13. The lowest BCUT2D eigenvalue weighted by Gasteiger charge is -2.17. The summed E-state index contributed by atoms with van der Waals surface area (Å²) in [6.45, 7) is 6.32. The van der Waals surface area contributed by atoms with E-state index in [1.807, 2.05) is 20.8 Å². The van der Waals surface area contributed by atoms with Crippen molar-refractivity contribution < 1.29 is 13.9 Å². The first-order valence-corrected chi connectivity index (χ1v) is 5.13. The summed E-state index contributed by atoms with van der Waals surface area (Å²) in [5, 5.41) is 2.81. The van der Waals surface area contributed by atoms with Crippen molar-refractivity contribution in [1.29, 1.82) is 0 Å². The Balaban J connectivity index is 2.54. The predicted molar refractivity (Wildman–Crippen MR) is 58.5 cm³/mol. The van der Waals surface area contributed by atoms with Gasteiger partial charge in [-0.05, 0) is 0 Å². The van der Waals surface area contributed by atoms with Gasteiger partial charge in [0, 0.05) is 12.5 Å². The van der Waals surface area contributed by atoms with Crippen molar-refractivity contribution in [3.8, 4) is 0 Å². The second-order valence-corrected chi connectivity index (χ2v) is 4.59. The number of hydrogen-bond donors (Lipinski definition) is 1. The zero-order valence-corrected chi connectivity index (χ0v) is 10.2. The van der Waals surface area contributed by atoms with Gasteiger partial charge in [0.15, 0.2) is 12.2 Å². The van der Waals surface area contributed by atoms with Gasteiger partial charge in [-0.25, -0.2) is 4.98 Å². The molecule has 1 N–H and O–H groups in total. The number of aromatic nitrogens is 1. The molecule has 5 nitrogen and oxygen atoms in total. The Morgan fingerprint density at radius 2 is 2.25 bits per heavy atom. The molecular formula is C11H18N2O3. The summed E-state index contributed by atoms with van der Waals surface area (Å²) in [6.07, 6.45) is 1.35. The molecule has 0 aliphatic carbocycles. The molecule has 0 unspecified atom stereocenters. The molecule has 5 heteroatoms. The van der Waals surface area contributed by atoms with Gasteiger partial charge < -0.3 is 14.5 Å². The molecule has 1 amide bonds. The molecule has 16 heavy (non-hydrogen) atoms. The summed E-state index contributed by atoms with van der Waals surface area (Å²) in [5.74, 6) is 0.635. The van der Waals surface area contributed by atoms with Gasteiger partial charge in [0.05, 0.1) is 6.54 Å². The summed E-state index contributed by atoms with van der Waals surface area (Å²) in [5.41, 5.74) is 0.310. The Kier molecular flexibility index (Phi) is 4.06. The van der Waals surface area contributed by atoms with Crippen LogP contribution >= 0.6 is 0 Å². The van der Waals surface area contributed by atoms with Gasteiger partial charge in [0.25, 0.3) is 0 Å². The second-order valence-electron chi connectivity index (χ2n) is 4.59. The Morgan fingerprint density at radius 3 is 2.81 bits per heavy atom. The van der Waals surface area contributed by atoms with Crippen LogP contribution in [0.2, 0.25) is 0 Å². The van der Waals surface area contributed by atoms with Gasteiger partial charge >= 0.3 is 0 Å². The first-order chi connectivity index (χ1) is 7.45. The van der Waals surface area contributed by atoms with E-state index in [1.165, 1.54) is 6.39 Å². The molecule has 90 valence electrons. The Labute approximate surface area is 95.2 Å².